The van der Waals surface area contributed by atoms with E-state index in [2.05, 4.69) is 23.3 Å². The van der Waals surface area contributed by atoms with Gasteiger partial charge in [-0.2, -0.15) is 0 Å². The predicted molar refractivity (Wildman–Crippen MR) is 99.5 cm³/mol. The first-order valence-electron chi connectivity index (χ1n) is 9.56. The standard InChI is InChI=1S/C20H26N4O3/c1-23(12-20(11-21)6-7-20)9-13-2-3-15-14(8-13)10-24(19(15)27)16-4-5-17(25)22-18(16)26/h2-3,8,16H,4-7,9-12,21H2,1H3,(H,22,25,26). The highest BCUT2D eigenvalue weighted by Gasteiger charge is 2.42. The van der Waals surface area contributed by atoms with Crippen LogP contribution in [0.1, 0.15) is 47.2 Å². The zero-order valence-corrected chi connectivity index (χ0v) is 15.7. The summed E-state index contributed by atoms with van der Waals surface area (Å²) in [7, 11) is 2.10. The van der Waals surface area contributed by atoms with Crippen molar-refractivity contribution < 1.29 is 14.4 Å². The molecule has 7 nitrogen and oxygen atoms in total. The zero-order valence-electron chi connectivity index (χ0n) is 15.7. The molecule has 0 bridgehead atoms. The van der Waals surface area contributed by atoms with Crippen LogP contribution in [0.5, 0.6) is 0 Å². The van der Waals surface area contributed by atoms with Gasteiger partial charge < -0.3 is 15.5 Å². The normalized spacial score (nSPS) is 23.6. The van der Waals surface area contributed by atoms with Gasteiger partial charge in [-0.25, -0.2) is 0 Å². The molecule has 0 radical (unpaired) electrons. The molecule has 3 N–H and O–H groups in total. The minimum absolute atomic E-state index is 0.125. The summed E-state index contributed by atoms with van der Waals surface area (Å²) < 4.78 is 0. The van der Waals surface area contributed by atoms with Crippen LogP contribution in [-0.4, -0.2) is 53.7 Å². The van der Waals surface area contributed by atoms with Crippen molar-refractivity contribution in [1.29, 1.82) is 0 Å². The number of carbonyl (C=O) groups excluding carboxylic acids is 3. The Morgan fingerprint density at radius 3 is 2.74 bits per heavy atom. The molecule has 3 aliphatic rings. The molecule has 1 saturated carbocycles. The third-order valence-corrected chi connectivity index (χ3v) is 6.04. The van der Waals surface area contributed by atoms with E-state index >= 15 is 0 Å². The van der Waals surface area contributed by atoms with E-state index in [1.54, 1.807) is 4.90 Å². The number of fused-ring (bicyclic) bond motifs is 1. The van der Waals surface area contributed by atoms with Gasteiger partial charge >= 0.3 is 0 Å². The number of nitrogens with one attached hydrogen (secondary N) is 1. The molecule has 1 aliphatic carbocycles. The van der Waals surface area contributed by atoms with Crippen LogP contribution in [0.25, 0.3) is 0 Å². The maximum Gasteiger partial charge on any atom is 0.255 e. The van der Waals surface area contributed by atoms with Gasteiger partial charge in [0.15, 0.2) is 0 Å². The Labute approximate surface area is 158 Å². The largest absolute Gasteiger partial charge is 0.330 e. The fourth-order valence-corrected chi connectivity index (χ4v) is 4.27. The SMILES string of the molecule is CN(Cc1ccc2c(c1)CN(C1CCC(=O)NC1=O)C2=O)CC1(CN)CC1. The van der Waals surface area contributed by atoms with Gasteiger partial charge in [-0.1, -0.05) is 12.1 Å². The summed E-state index contributed by atoms with van der Waals surface area (Å²) in [5, 5.41) is 2.34. The van der Waals surface area contributed by atoms with Crippen LogP contribution in [0.2, 0.25) is 0 Å². The van der Waals surface area contributed by atoms with Gasteiger partial charge in [-0.15, -0.1) is 0 Å². The van der Waals surface area contributed by atoms with Crippen molar-refractivity contribution in [1.82, 2.24) is 15.1 Å². The van der Waals surface area contributed by atoms with Crippen LogP contribution in [0.3, 0.4) is 0 Å². The predicted octanol–water partition coefficient (Wildman–Crippen LogP) is 0.618. The van der Waals surface area contributed by atoms with Crippen molar-refractivity contribution in [2.75, 3.05) is 20.1 Å². The average molecular weight is 370 g/mol. The molecule has 4 rings (SSSR count). The van der Waals surface area contributed by atoms with Gasteiger partial charge in [0.25, 0.3) is 5.91 Å². The first kappa shape index (κ1) is 18.1. The molecule has 2 aliphatic heterocycles. The highest BCUT2D eigenvalue weighted by atomic mass is 16.2. The minimum atomic E-state index is -0.562. The van der Waals surface area contributed by atoms with Gasteiger partial charge in [-0.05, 0) is 55.5 Å². The van der Waals surface area contributed by atoms with E-state index in [1.807, 2.05) is 12.1 Å². The number of imide groups is 1. The average Bonchev–Trinajstić information content (AvgIpc) is 3.32. The molecule has 0 aromatic heterocycles. The number of benzene rings is 1. The Morgan fingerprint density at radius 2 is 2.07 bits per heavy atom. The van der Waals surface area contributed by atoms with Crippen LogP contribution in [0.15, 0.2) is 18.2 Å². The van der Waals surface area contributed by atoms with Crippen LogP contribution >= 0.6 is 0 Å². The Bertz CT molecular complexity index is 802. The molecule has 27 heavy (non-hydrogen) atoms. The van der Waals surface area contributed by atoms with E-state index in [0.717, 1.165) is 30.8 Å². The maximum atomic E-state index is 12.7. The summed E-state index contributed by atoms with van der Waals surface area (Å²) in [6.45, 7) is 2.95. The fraction of sp³-hybridized carbons (Fsp3) is 0.550. The Morgan fingerprint density at radius 1 is 1.30 bits per heavy atom. The van der Waals surface area contributed by atoms with E-state index in [1.165, 1.54) is 12.8 Å². The molecular weight excluding hydrogens is 344 g/mol. The Hall–Kier alpha value is -2.25. The van der Waals surface area contributed by atoms with Crippen LogP contribution in [-0.2, 0) is 22.7 Å². The number of hydrogen-bond acceptors (Lipinski definition) is 5. The molecule has 144 valence electrons. The lowest BCUT2D eigenvalue weighted by molar-refractivity contribution is -0.136. The molecule has 1 unspecified atom stereocenters. The smallest absolute Gasteiger partial charge is 0.255 e. The topological polar surface area (TPSA) is 95.7 Å². The molecule has 1 aromatic rings. The third kappa shape index (κ3) is 3.49. The van der Waals surface area contributed by atoms with Crippen LogP contribution in [0.4, 0.5) is 0 Å². The van der Waals surface area contributed by atoms with E-state index < -0.39 is 6.04 Å². The second-order valence-corrected chi connectivity index (χ2v) is 8.27. The zero-order chi connectivity index (χ0) is 19.2. The molecule has 2 fully saturated rings. The van der Waals surface area contributed by atoms with Crippen molar-refractivity contribution >= 4 is 17.7 Å². The second kappa shape index (κ2) is 6.73. The van der Waals surface area contributed by atoms with Gasteiger partial charge in [0.05, 0.1) is 0 Å². The molecule has 3 amide bonds. The summed E-state index contributed by atoms with van der Waals surface area (Å²) in [6, 6.07) is 5.36. The molecule has 1 atom stereocenters. The van der Waals surface area contributed by atoms with Crippen LogP contribution < -0.4 is 11.1 Å². The third-order valence-electron chi connectivity index (χ3n) is 6.04. The number of carbonyl (C=O) groups is 3. The monoisotopic (exact) mass is 370 g/mol. The molecule has 0 spiro atoms. The molecular formula is C20H26N4O3. The summed E-state index contributed by atoms with van der Waals surface area (Å²) in [6.07, 6.45) is 3.07. The maximum absolute atomic E-state index is 12.7. The lowest BCUT2D eigenvalue weighted by Gasteiger charge is -2.29. The first-order chi connectivity index (χ1) is 12.9. The van der Waals surface area contributed by atoms with E-state index in [-0.39, 0.29) is 24.1 Å². The van der Waals surface area contributed by atoms with Crippen LogP contribution in [0, 0.1) is 5.41 Å². The highest BCUT2D eigenvalue weighted by molar-refractivity contribution is 6.05. The molecule has 2 heterocycles. The summed E-state index contributed by atoms with van der Waals surface area (Å²) in [5.74, 6) is -0.764. The van der Waals surface area contributed by atoms with Gasteiger partial charge in [0.2, 0.25) is 11.8 Å². The Balaban J connectivity index is 1.44. The number of rotatable bonds is 6. The van der Waals surface area contributed by atoms with Gasteiger partial charge in [0.1, 0.15) is 6.04 Å². The summed E-state index contributed by atoms with van der Waals surface area (Å²) in [5.41, 5.74) is 8.95. The molecule has 7 heteroatoms. The van der Waals surface area contributed by atoms with Gasteiger partial charge in [-0.3, -0.25) is 19.7 Å². The van der Waals surface area contributed by atoms with Crippen molar-refractivity contribution in [3.63, 3.8) is 0 Å². The second-order valence-electron chi connectivity index (χ2n) is 8.27. The number of nitrogens with two attached hydrogens (primary N) is 1. The van der Waals surface area contributed by atoms with Crippen molar-refractivity contribution in [3.05, 3.63) is 34.9 Å². The first-order valence-corrected chi connectivity index (χ1v) is 9.56. The summed E-state index contributed by atoms with van der Waals surface area (Å²) >= 11 is 0. The van der Waals surface area contributed by atoms with E-state index in [4.69, 9.17) is 5.73 Å². The molecule has 1 aromatic carbocycles. The number of nitrogens with zero attached hydrogens (tertiary/aromatic N) is 2. The highest BCUT2D eigenvalue weighted by Crippen LogP contribution is 2.45. The van der Waals surface area contributed by atoms with Crippen molar-refractivity contribution in [2.24, 2.45) is 11.1 Å². The number of piperidine rings is 1. The quantitative estimate of drug-likeness (QED) is 0.716. The van der Waals surface area contributed by atoms with Gasteiger partial charge in [0, 0.05) is 31.6 Å². The van der Waals surface area contributed by atoms with Crippen molar-refractivity contribution in [2.45, 2.75) is 44.8 Å². The van der Waals surface area contributed by atoms with Crippen molar-refractivity contribution in [3.8, 4) is 0 Å². The number of hydrogen-bond donors (Lipinski definition) is 2. The lowest BCUT2D eigenvalue weighted by atomic mass is 10.0. The lowest BCUT2D eigenvalue weighted by Crippen LogP contribution is -2.52. The Kier molecular flexibility index (Phi) is 4.52. The van der Waals surface area contributed by atoms with E-state index in [9.17, 15) is 14.4 Å². The van der Waals surface area contributed by atoms with E-state index in [0.29, 0.717) is 23.9 Å². The minimum Gasteiger partial charge on any atom is -0.330 e. The fourth-order valence-electron chi connectivity index (χ4n) is 4.27. The molecule has 1 saturated heterocycles. The summed E-state index contributed by atoms with van der Waals surface area (Å²) in [4.78, 5) is 40.1. The number of amides is 3.